The van der Waals surface area contributed by atoms with E-state index in [4.69, 9.17) is 10.3 Å². The monoisotopic (exact) mass is 351 g/mol. The third kappa shape index (κ3) is 3.65. The number of carbonyl (C=O) groups excluding carboxylic acids is 3. The molecule has 0 bridgehead atoms. The van der Waals surface area contributed by atoms with E-state index in [0.29, 0.717) is 19.3 Å². The Hall–Kier alpha value is -2.05. The molecule has 2 rings (SSSR count). The highest BCUT2D eigenvalue weighted by atomic mass is 16.6. The molecule has 2 N–H and O–H groups in total. The molecule has 4 unspecified atom stereocenters. The van der Waals surface area contributed by atoms with Crippen molar-refractivity contribution in [2.45, 2.75) is 71.1 Å². The third-order valence-electron chi connectivity index (χ3n) is 4.87. The van der Waals surface area contributed by atoms with Crippen LogP contribution in [0.5, 0.6) is 0 Å². The van der Waals surface area contributed by atoms with Crippen LogP contribution in [-0.4, -0.2) is 51.0 Å². The average molecular weight is 351 g/mol. The van der Waals surface area contributed by atoms with Gasteiger partial charge >= 0.3 is 11.8 Å². The van der Waals surface area contributed by atoms with Gasteiger partial charge in [0.15, 0.2) is 11.9 Å². The standard InChI is InChI=1S/C17H25N3O5/c1-9(21)13(25-15(24)19-16(2,3)4)12(22)10-6-5-7-17(10)8-11(20-18)14(17)23/h9-10,13,21H,5-8H2,1-4H3,(H,19,24). The average Bonchev–Trinajstić information content (AvgIpc) is 2.93. The van der Waals surface area contributed by atoms with Crippen molar-refractivity contribution in [1.29, 1.82) is 0 Å². The Balaban J connectivity index is 2.16. The van der Waals surface area contributed by atoms with Crippen LogP contribution in [0.25, 0.3) is 5.53 Å². The Bertz CT molecular complexity index is 645. The van der Waals surface area contributed by atoms with Crippen LogP contribution in [0.4, 0.5) is 4.79 Å². The van der Waals surface area contributed by atoms with Crippen LogP contribution in [0.15, 0.2) is 0 Å². The fraction of sp³-hybridized carbons (Fsp3) is 0.765. The van der Waals surface area contributed by atoms with Gasteiger partial charge in [0.25, 0.3) is 0 Å². The largest absolute Gasteiger partial charge is 0.435 e. The molecule has 1 spiro atoms. The van der Waals surface area contributed by atoms with Gasteiger partial charge in [0.2, 0.25) is 5.78 Å². The van der Waals surface area contributed by atoms with Crippen molar-refractivity contribution in [3.63, 3.8) is 0 Å². The van der Waals surface area contributed by atoms with Gasteiger partial charge in [0, 0.05) is 11.5 Å². The molecule has 8 nitrogen and oxygen atoms in total. The lowest BCUT2D eigenvalue weighted by Crippen LogP contribution is -2.57. The Morgan fingerprint density at radius 1 is 1.44 bits per heavy atom. The zero-order valence-corrected chi connectivity index (χ0v) is 15.0. The van der Waals surface area contributed by atoms with Gasteiger partial charge in [-0.25, -0.2) is 4.79 Å². The Kier molecular flexibility index (Phi) is 5.16. The molecule has 8 heteroatoms. The first-order valence-corrected chi connectivity index (χ1v) is 8.48. The lowest BCUT2D eigenvalue weighted by atomic mass is 9.59. The highest BCUT2D eigenvalue weighted by Gasteiger charge is 2.65. The van der Waals surface area contributed by atoms with E-state index >= 15 is 0 Å². The first-order valence-electron chi connectivity index (χ1n) is 8.48. The van der Waals surface area contributed by atoms with Crippen molar-refractivity contribution in [3.8, 4) is 0 Å². The van der Waals surface area contributed by atoms with Gasteiger partial charge in [-0.05, 0) is 40.5 Å². The van der Waals surface area contributed by atoms with E-state index in [2.05, 4.69) is 10.1 Å². The molecule has 25 heavy (non-hydrogen) atoms. The summed E-state index contributed by atoms with van der Waals surface area (Å²) in [5, 5.41) is 12.5. The van der Waals surface area contributed by atoms with E-state index in [1.807, 2.05) is 0 Å². The number of nitrogens with one attached hydrogen (secondary N) is 1. The minimum Gasteiger partial charge on any atom is -0.435 e. The van der Waals surface area contributed by atoms with E-state index in [1.54, 1.807) is 20.8 Å². The number of alkyl carbamates (subject to hydrolysis) is 1. The molecular weight excluding hydrogens is 326 g/mol. The highest BCUT2D eigenvalue weighted by molar-refractivity contribution is 6.47. The number of hydrogen-bond donors (Lipinski definition) is 2. The van der Waals surface area contributed by atoms with Crippen LogP contribution < -0.4 is 5.32 Å². The number of nitrogens with zero attached hydrogens (tertiary/aromatic N) is 2. The molecule has 2 aliphatic rings. The summed E-state index contributed by atoms with van der Waals surface area (Å²) in [6.45, 7) is 6.67. The Morgan fingerprint density at radius 2 is 2.08 bits per heavy atom. The lowest BCUT2D eigenvalue weighted by Gasteiger charge is -2.38. The topological polar surface area (TPSA) is 129 Å². The summed E-state index contributed by atoms with van der Waals surface area (Å²) in [6.07, 6.45) is -1.40. The van der Waals surface area contributed by atoms with Crippen molar-refractivity contribution in [2.75, 3.05) is 0 Å². The number of ketones is 2. The summed E-state index contributed by atoms with van der Waals surface area (Å²) in [7, 11) is 0. The summed E-state index contributed by atoms with van der Waals surface area (Å²) >= 11 is 0. The van der Waals surface area contributed by atoms with Crippen molar-refractivity contribution < 1.29 is 29.0 Å². The maximum atomic E-state index is 12.9. The summed E-state index contributed by atoms with van der Waals surface area (Å²) in [5.41, 5.74) is 7.46. The van der Waals surface area contributed by atoms with Gasteiger partial charge in [-0.2, -0.15) is 4.79 Å². The molecule has 138 valence electrons. The minimum atomic E-state index is -1.34. The first kappa shape index (κ1) is 19.3. The first-order chi connectivity index (χ1) is 11.5. The van der Waals surface area contributed by atoms with Gasteiger partial charge in [-0.15, -0.1) is 0 Å². The second-order valence-electron chi connectivity index (χ2n) is 8.00. The molecule has 0 heterocycles. The predicted molar refractivity (Wildman–Crippen MR) is 87.9 cm³/mol. The van der Waals surface area contributed by atoms with E-state index in [1.165, 1.54) is 6.92 Å². The molecule has 0 aromatic heterocycles. The van der Waals surface area contributed by atoms with Gasteiger partial charge in [0.05, 0.1) is 17.9 Å². The molecule has 4 atom stereocenters. The molecular formula is C17H25N3O5. The smallest absolute Gasteiger partial charge is 0.408 e. The molecule has 0 aromatic carbocycles. The van der Waals surface area contributed by atoms with E-state index in [0.717, 1.165) is 0 Å². The van der Waals surface area contributed by atoms with Gasteiger partial charge in [-0.3, -0.25) is 9.59 Å². The normalized spacial score (nSPS) is 28.1. The molecule has 1 amide bonds. The van der Waals surface area contributed by atoms with E-state index in [9.17, 15) is 19.5 Å². The second-order valence-corrected chi connectivity index (χ2v) is 8.00. The van der Waals surface area contributed by atoms with Gasteiger partial charge < -0.3 is 20.7 Å². The van der Waals surface area contributed by atoms with E-state index < -0.39 is 41.0 Å². The predicted octanol–water partition coefficient (Wildman–Crippen LogP) is 1.26. The van der Waals surface area contributed by atoms with Crippen molar-refractivity contribution in [1.82, 2.24) is 5.32 Å². The second kappa shape index (κ2) is 6.69. The van der Waals surface area contributed by atoms with Gasteiger partial charge in [0.1, 0.15) is 0 Å². The number of aliphatic hydroxyl groups excluding tert-OH is 1. The molecule has 0 radical (unpaired) electrons. The number of rotatable bonds is 4. The summed E-state index contributed by atoms with van der Waals surface area (Å²) in [5.74, 6) is -1.43. The van der Waals surface area contributed by atoms with Crippen molar-refractivity contribution in [3.05, 3.63) is 5.53 Å². The number of ether oxygens (including phenoxy) is 1. The third-order valence-corrected chi connectivity index (χ3v) is 4.87. The molecule has 0 aliphatic heterocycles. The zero-order valence-electron chi connectivity index (χ0n) is 15.0. The zero-order chi connectivity index (χ0) is 19.0. The fourth-order valence-electron chi connectivity index (χ4n) is 3.73. The summed E-state index contributed by atoms with van der Waals surface area (Å²) < 4.78 is 5.17. The van der Waals surface area contributed by atoms with Crippen LogP contribution in [0.1, 0.15) is 53.4 Å². The molecule has 2 fully saturated rings. The number of hydrogen-bond acceptors (Lipinski definition) is 5. The molecule has 2 aliphatic carbocycles. The number of aliphatic hydroxyl groups is 1. The maximum Gasteiger partial charge on any atom is 0.408 e. The van der Waals surface area contributed by atoms with Crippen molar-refractivity contribution in [2.24, 2.45) is 11.3 Å². The van der Waals surface area contributed by atoms with Crippen molar-refractivity contribution >= 4 is 23.4 Å². The Labute approximate surface area is 146 Å². The number of carbonyl (C=O) groups is 3. The summed E-state index contributed by atoms with van der Waals surface area (Å²) in [6, 6.07) is 0. The van der Waals surface area contributed by atoms with Gasteiger partial charge in [-0.1, -0.05) is 6.42 Å². The highest BCUT2D eigenvalue weighted by Crippen LogP contribution is 2.53. The molecule has 0 saturated heterocycles. The van der Waals surface area contributed by atoms with Crippen LogP contribution in [0.3, 0.4) is 0 Å². The maximum absolute atomic E-state index is 12.9. The van der Waals surface area contributed by atoms with Crippen LogP contribution in [0.2, 0.25) is 0 Å². The van der Waals surface area contributed by atoms with E-state index in [-0.39, 0.29) is 17.9 Å². The SMILES string of the molecule is CC(O)C(OC(=O)NC(C)(C)C)C(=O)C1CCCC12CC(=[N+]=[N-])C2=O. The fourth-order valence-corrected chi connectivity index (χ4v) is 3.73. The molecule has 0 aromatic rings. The summed E-state index contributed by atoms with van der Waals surface area (Å²) in [4.78, 5) is 40.2. The molecule has 2 saturated carbocycles. The van der Waals surface area contributed by atoms with Crippen LogP contribution >= 0.6 is 0 Å². The minimum absolute atomic E-state index is 0.0692. The number of Topliss-reactive ketones (excluding diaryl/α,β-unsaturated/α-hetero) is 2. The number of amides is 1. The van der Waals surface area contributed by atoms with Crippen LogP contribution in [-0.2, 0) is 14.3 Å². The Morgan fingerprint density at radius 3 is 2.56 bits per heavy atom. The lowest BCUT2D eigenvalue weighted by molar-refractivity contribution is -0.149. The quantitative estimate of drug-likeness (QED) is 0.582. The van der Waals surface area contributed by atoms with Crippen LogP contribution in [0, 0.1) is 11.3 Å².